The Morgan fingerprint density at radius 3 is 2.94 bits per heavy atom. The van der Waals surface area contributed by atoms with Gasteiger partial charge in [-0.15, -0.1) is 0 Å². The first-order valence-corrected chi connectivity index (χ1v) is 10.2. The molecule has 4 aromatic rings. The molecule has 5 rings (SSSR count). The first-order chi connectivity index (χ1) is 15.1. The molecule has 0 unspecified atom stereocenters. The van der Waals surface area contributed by atoms with Gasteiger partial charge in [0.25, 0.3) is 0 Å². The second-order valence-corrected chi connectivity index (χ2v) is 7.68. The van der Waals surface area contributed by atoms with Crippen LogP contribution in [0.25, 0.3) is 33.5 Å². The smallest absolute Gasteiger partial charge is 0.322 e. The van der Waals surface area contributed by atoms with Crippen molar-refractivity contribution in [2.45, 2.75) is 13.0 Å². The van der Waals surface area contributed by atoms with Crippen LogP contribution in [0.15, 0.2) is 55.0 Å². The predicted molar refractivity (Wildman–Crippen MR) is 119 cm³/mol. The number of anilines is 1. The van der Waals surface area contributed by atoms with E-state index in [1.54, 1.807) is 6.33 Å². The lowest BCUT2D eigenvalue weighted by Gasteiger charge is -2.33. The maximum Gasteiger partial charge on any atom is 0.322 e. The standard InChI is InChI=1S/C23H22N6O2/c1-14-3-2-4-19(28-14)22-21(26-13-27-22)15-5-6-18-16(9-15)10-17(11-25-18)29-8-7-24-20(12-29)23(30)31/h2-6,9-11,13,20,24H,7-8,12H2,1H3,(H,26,27)(H,30,31)/t20-/m1/s1. The number of rotatable bonds is 4. The Kier molecular flexibility index (Phi) is 4.83. The van der Waals surface area contributed by atoms with E-state index in [4.69, 9.17) is 0 Å². The summed E-state index contributed by atoms with van der Waals surface area (Å²) in [6.07, 6.45) is 3.49. The number of hydrogen-bond acceptors (Lipinski definition) is 6. The van der Waals surface area contributed by atoms with Gasteiger partial charge in [0.2, 0.25) is 0 Å². The molecule has 8 heteroatoms. The summed E-state index contributed by atoms with van der Waals surface area (Å²) in [7, 11) is 0. The SMILES string of the molecule is Cc1cccc(-c2[nH]cnc2-c2ccc3ncc(N4CCN[C@@H](C(=O)O)C4)cc3c2)n1. The van der Waals surface area contributed by atoms with Crippen molar-refractivity contribution in [2.24, 2.45) is 0 Å². The molecular formula is C23H22N6O2. The summed E-state index contributed by atoms with van der Waals surface area (Å²) >= 11 is 0. The Bertz CT molecular complexity index is 1270. The van der Waals surface area contributed by atoms with Crippen molar-refractivity contribution in [1.29, 1.82) is 0 Å². The average Bonchev–Trinajstić information content (AvgIpc) is 3.28. The van der Waals surface area contributed by atoms with Crippen LogP contribution in [0.2, 0.25) is 0 Å². The van der Waals surface area contributed by atoms with Gasteiger partial charge in [0, 0.05) is 36.3 Å². The van der Waals surface area contributed by atoms with Gasteiger partial charge in [-0.1, -0.05) is 12.1 Å². The van der Waals surface area contributed by atoms with E-state index in [0.717, 1.165) is 51.5 Å². The van der Waals surface area contributed by atoms with E-state index in [9.17, 15) is 9.90 Å². The van der Waals surface area contributed by atoms with Crippen molar-refractivity contribution in [3.8, 4) is 22.6 Å². The Balaban J connectivity index is 1.51. The first kappa shape index (κ1) is 19.2. The average molecular weight is 414 g/mol. The van der Waals surface area contributed by atoms with Gasteiger partial charge in [0.1, 0.15) is 6.04 Å². The number of benzene rings is 1. The number of H-pyrrole nitrogens is 1. The van der Waals surface area contributed by atoms with Crippen molar-refractivity contribution < 1.29 is 9.90 Å². The van der Waals surface area contributed by atoms with E-state index in [1.165, 1.54) is 0 Å². The van der Waals surface area contributed by atoms with E-state index in [-0.39, 0.29) is 0 Å². The molecule has 31 heavy (non-hydrogen) atoms. The second-order valence-electron chi connectivity index (χ2n) is 7.68. The Hall–Kier alpha value is -3.78. The molecular weight excluding hydrogens is 392 g/mol. The minimum absolute atomic E-state index is 0.407. The molecule has 1 aromatic carbocycles. The van der Waals surface area contributed by atoms with E-state index in [1.807, 2.05) is 43.5 Å². The molecule has 0 bridgehead atoms. The summed E-state index contributed by atoms with van der Waals surface area (Å²) in [4.78, 5) is 30.4. The number of piperazine rings is 1. The molecule has 0 radical (unpaired) electrons. The highest BCUT2D eigenvalue weighted by molar-refractivity contribution is 5.88. The predicted octanol–water partition coefficient (Wildman–Crippen LogP) is 2.86. The molecule has 1 aliphatic rings. The van der Waals surface area contributed by atoms with Gasteiger partial charge in [-0.2, -0.15) is 0 Å². The maximum absolute atomic E-state index is 11.4. The molecule has 1 fully saturated rings. The molecule has 4 heterocycles. The lowest BCUT2D eigenvalue weighted by atomic mass is 10.0. The van der Waals surface area contributed by atoms with Crippen LogP contribution in [0.4, 0.5) is 5.69 Å². The van der Waals surface area contributed by atoms with Gasteiger partial charge < -0.3 is 20.3 Å². The third-order valence-electron chi connectivity index (χ3n) is 5.56. The molecule has 156 valence electrons. The molecule has 1 saturated heterocycles. The lowest BCUT2D eigenvalue weighted by molar-refractivity contribution is -0.139. The van der Waals surface area contributed by atoms with Gasteiger partial charge in [0.15, 0.2) is 0 Å². The number of carboxylic acid groups (broad SMARTS) is 1. The molecule has 0 saturated carbocycles. The third kappa shape index (κ3) is 3.73. The number of nitrogens with one attached hydrogen (secondary N) is 2. The maximum atomic E-state index is 11.4. The highest BCUT2D eigenvalue weighted by atomic mass is 16.4. The summed E-state index contributed by atoms with van der Waals surface area (Å²) in [5, 5.41) is 13.3. The highest BCUT2D eigenvalue weighted by Gasteiger charge is 2.25. The van der Waals surface area contributed by atoms with Gasteiger partial charge in [-0.05, 0) is 37.3 Å². The lowest BCUT2D eigenvalue weighted by Crippen LogP contribution is -2.54. The number of carboxylic acids is 1. The summed E-state index contributed by atoms with van der Waals surface area (Å²) in [6, 6.07) is 13.5. The summed E-state index contributed by atoms with van der Waals surface area (Å²) in [6.45, 7) is 3.73. The van der Waals surface area contributed by atoms with Crippen LogP contribution in [0.5, 0.6) is 0 Å². The quantitative estimate of drug-likeness (QED) is 0.471. The number of pyridine rings is 2. The second kappa shape index (κ2) is 7.81. The number of aromatic nitrogens is 4. The van der Waals surface area contributed by atoms with Crippen LogP contribution in [0.1, 0.15) is 5.69 Å². The minimum atomic E-state index is -0.837. The fourth-order valence-electron chi connectivity index (χ4n) is 3.98. The van der Waals surface area contributed by atoms with Crippen LogP contribution in [0.3, 0.4) is 0 Å². The van der Waals surface area contributed by atoms with Crippen molar-refractivity contribution in [3.05, 3.63) is 60.7 Å². The Morgan fingerprint density at radius 2 is 2.10 bits per heavy atom. The van der Waals surface area contributed by atoms with Gasteiger partial charge in [0.05, 0.1) is 40.8 Å². The van der Waals surface area contributed by atoms with E-state index < -0.39 is 12.0 Å². The fourth-order valence-corrected chi connectivity index (χ4v) is 3.98. The van der Waals surface area contributed by atoms with Crippen LogP contribution in [-0.4, -0.2) is 56.7 Å². The number of aliphatic carboxylic acids is 1. The minimum Gasteiger partial charge on any atom is -0.480 e. The topological polar surface area (TPSA) is 107 Å². The zero-order valence-corrected chi connectivity index (χ0v) is 17.0. The summed E-state index contributed by atoms with van der Waals surface area (Å²) < 4.78 is 0. The van der Waals surface area contributed by atoms with Crippen molar-refractivity contribution >= 4 is 22.6 Å². The largest absolute Gasteiger partial charge is 0.480 e. The van der Waals surface area contributed by atoms with Crippen molar-refractivity contribution in [2.75, 3.05) is 24.5 Å². The molecule has 1 atom stereocenters. The van der Waals surface area contributed by atoms with Crippen molar-refractivity contribution in [3.63, 3.8) is 0 Å². The van der Waals surface area contributed by atoms with Crippen LogP contribution in [-0.2, 0) is 4.79 Å². The molecule has 0 amide bonds. The zero-order valence-electron chi connectivity index (χ0n) is 17.0. The van der Waals surface area contributed by atoms with Crippen LogP contribution >= 0.6 is 0 Å². The normalized spacial score (nSPS) is 16.5. The van der Waals surface area contributed by atoms with E-state index in [0.29, 0.717) is 13.1 Å². The van der Waals surface area contributed by atoms with Gasteiger partial charge >= 0.3 is 5.97 Å². The van der Waals surface area contributed by atoms with Crippen LogP contribution in [0, 0.1) is 6.92 Å². The number of hydrogen-bond donors (Lipinski definition) is 3. The number of aromatic amines is 1. The molecule has 0 spiro atoms. The zero-order chi connectivity index (χ0) is 21.4. The molecule has 3 aromatic heterocycles. The molecule has 1 aliphatic heterocycles. The number of aryl methyl sites for hydroxylation is 1. The highest BCUT2D eigenvalue weighted by Crippen LogP contribution is 2.31. The monoisotopic (exact) mass is 414 g/mol. The molecule has 0 aliphatic carbocycles. The molecule has 8 nitrogen and oxygen atoms in total. The summed E-state index contributed by atoms with van der Waals surface area (Å²) in [5.74, 6) is -0.837. The number of fused-ring (bicyclic) bond motifs is 1. The Labute approximate surface area is 179 Å². The number of imidazole rings is 1. The third-order valence-corrected chi connectivity index (χ3v) is 5.56. The number of nitrogens with zero attached hydrogens (tertiary/aromatic N) is 4. The first-order valence-electron chi connectivity index (χ1n) is 10.2. The Morgan fingerprint density at radius 1 is 1.19 bits per heavy atom. The van der Waals surface area contributed by atoms with E-state index >= 15 is 0 Å². The van der Waals surface area contributed by atoms with Gasteiger partial charge in [-0.3, -0.25) is 14.8 Å². The number of carbonyl (C=O) groups is 1. The van der Waals surface area contributed by atoms with Gasteiger partial charge in [-0.25, -0.2) is 4.98 Å². The fraction of sp³-hybridized carbons (Fsp3) is 0.217. The van der Waals surface area contributed by atoms with E-state index in [2.05, 4.69) is 42.3 Å². The molecule has 3 N–H and O–H groups in total. The van der Waals surface area contributed by atoms with Crippen molar-refractivity contribution in [1.82, 2.24) is 25.3 Å². The van der Waals surface area contributed by atoms with Crippen LogP contribution < -0.4 is 10.2 Å². The summed E-state index contributed by atoms with van der Waals surface area (Å²) in [5.41, 5.74) is 6.26.